The molecular weight excluding hydrogens is 207 g/mol. The van der Waals surface area contributed by atoms with Gasteiger partial charge in [-0.2, -0.15) is 0 Å². The van der Waals surface area contributed by atoms with Crippen LogP contribution in [0.1, 0.15) is 13.8 Å². The van der Waals surface area contributed by atoms with Crippen molar-refractivity contribution >= 4 is 5.78 Å². The van der Waals surface area contributed by atoms with Gasteiger partial charge in [0.1, 0.15) is 0 Å². The first-order valence-corrected chi connectivity index (χ1v) is 2.01. The van der Waals surface area contributed by atoms with E-state index in [0.29, 0.717) is 0 Å². The van der Waals surface area contributed by atoms with Crippen molar-refractivity contribution in [1.82, 2.24) is 0 Å². The first-order chi connectivity index (χ1) is 3.13. The molecule has 2 nitrogen and oxygen atoms in total. The Bertz CT molecular complexity index is 104. The number of hydrogen-bond donors (Lipinski definition) is 1. The maximum atomic E-state index is 10.0. The average Bonchev–Trinajstić information content (AvgIpc) is 1.27. The molecule has 0 unspecified atom stereocenters. The van der Waals surface area contributed by atoms with Crippen LogP contribution in [0.5, 0.6) is 0 Å². The van der Waals surface area contributed by atoms with Crippen molar-refractivity contribution in [3.8, 4) is 0 Å². The van der Waals surface area contributed by atoms with E-state index < -0.39 is 0 Å². The normalized spacial score (nSPS) is 8.89. The van der Waals surface area contributed by atoms with Crippen LogP contribution in [0.2, 0.25) is 0 Å². The monoisotopic (exact) mass is 218 g/mol. The fourth-order valence-electron chi connectivity index (χ4n) is 0.294. The van der Waals surface area contributed by atoms with Crippen molar-refractivity contribution in [3.63, 3.8) is 0 Å². The molecule has 0 saturated carbocycles. The maximum Gasteiger partial charge on any atom is 2.00 e. The minimum absolute atomic E-state index is 0. The average molecular weight is 218 g/mol. The van der Waals surface area contributed by atoms with Gasteiger partial charge in [-0.1, -0.05) is 0 Å². The molecule has 0 aromatic carbocycles. The van der Waals surface area contributed by atoms with Gasteiger partial charge in [0, 0.05) is 6.08 Å². The Morgan fingerprint density at radius 2 is 1.78 bits per heavy atom. The van der Waals surface area contributed by atoms with Crippen LogP contribution in [-0.4, -0.2) is 10.9 Å². The van der Waals surface area contributed by atoms with E-state index >= 15 is 0 Å². The Morgan fingerprint density at radius 3 is 1.78 bits per heavy atom. The molecule has 0 saturated heterocycles. The standard InChI is InChI=1S/C5H8O2.CH3.Rh/c1-4(6)3-5(2)7;;/h3,6H,1-2H3;1H3;/q;-1;+2/b4-3+;;. The van der Waals surface area contributed by atoms with E-state index in [9.17, 15) is 4.79 Å². The van der Waals surface area contributed by atoms with Crippen LogP contribution in [-0.2, 0) is 24.3 Å². The molecule has 1 radical (unpaired) electrons. The van der Waals surface area contributed by atoms with Crippen LogP contribution in [0.15, 0.2) is 11.8 Å². The van der Waals surface area contributed by atoms with Crippen LogP contribution in [0.4, 0.5) is 0 Å². The maximum absolute atomic E-state index is 10.0. The molecule has 0 bridgehead atoms. The molecule has 0 rings (SSSR count). The van der Waals surface area contributed by atoms with E-state index in [1.54, 1.807) is 0 Å². The summed E-state index contributed by atoms with van der Waals surface area (Å²) in [5.74, 6) is -0.0625. The molecule has 0 heterocycles. The zero-order valence-corrected chi connectivity index (χ0v) is 7.40. The summed E-state index contributed by atoms with van der Waals surface area (Å²) in [6, 6.07) is 0. The Kier molecular flexibility index (Phi) is 13.9. The second kappa shape index (κ2) is 7.83. The number of aliphatic hydroxyl groups excluding tert-OH is 1. The molecule has 1 N–H and O–H groups in total. The first-order valence-electron chi connectivity index (χ1n) is 2.01. The molecule has 0 amide bonds. The predicted octanol–water partition coefficient (Wildman–Crippen LogP) is 1.48. The van der Waals surface area contributed by atoms with E-state index in [-0.39, 0.29) is 38.4 Å². The van der Waals surface area contributed by atoms with E-state index in [4.69, 9.17) is 5.11 Å². The largest absolute Gasteiger partial charge is 2.00 e. The number of aliphatic hydroxyl groups is 1. The summed E-state index contributed by atoms with van der Waals surface area (Å²) >= 11 is 0. The minimum Gasteiger partial charge on any atom is -0.512 e. The summed E-state index contributed by atoms with van der Waals surface area (Å²) in [5, 5.41) is 8.36. The smallest absolute Gasteiger partial charge is 0.512 e. The van der Waals surface area contributed by atoms with Gasteiger partial charge >= 0.3 is 19.5 Å². The fraction of sp³-hybridized carbons (Fsp3) is 0.333. The predicted molar refractivity (Wildman–Crippen MR) is 33.5 cm³/mol. The van der Waals surface area contributed by atoms with E-state index in [1.807, 2.05) is 0 Å². The molecule has 0 aromatic heterocycles. The molecule has 0 aliphatic rings. The summed E-state index contributed by atoms with van der Waals surface area (Å²) in [5.41, 5.74) is 0. The topological polar surface area (TPSA) is 37.3 Å². The van der Waals surface area contributed by atoms with Crippen LogP contribution < -0.4 is 0 Å². The Morgan fingerprint density at radius 1 is 1.44 bits per heavy atom. The first kappa shape index (κ1) is 15.9. The molecule has 0 aromatic rings. The minimum atomic E-state index is -0.125. The van der Waals surface area contributed by atoms with Crippen LogP contribution >= 0.6 is 0 Å². The number of allylic oxidation sites excluding steroid dienone is 2. The molecule has 0 aliphatic carbocycles. The number of ketones is 1. The Labute approximate surface area is 68.7 Å². The summed E-state index contributed by atoms with van der Waals surface area (Å²) in [6.07, 6.45) is 1.17. The van der Waals surface area contributed by atoms with Gasteiger partial charge in [0.05, 0.1) is 5.76 Å². The SMILES string of the molecule is CC(=O)/C=C(\C)O.[CH3-].[Rh+2]. The van der Waals surface area contributed by atoms with Gasteiger partial charge in [-0.25, -0.2) is 0 Å². The van der Waals surface area contributed by atoms with Crippen molar-refractivity contribution in [2.45, 2.75) is 13.8 Å². The third-order valence-electron chi connectivity index (χ3n) is 0.412. The number of carbonyl (C=O) groups excluding carboxylic acids is 1. The quantitative estimate of drug-likeness (QED) is 0.313. The second-order valence-corrected chi connectivity index (χ2v) is 1.40. The van der Waals surface area contributed by atoms with Crippen LogP contribution in [0, 0.1) is 7.43 Å². The number of hydrogen-bond acceptors (Lipinski definition) is 2. The van der Waals surface area contributed by atoms with Gasteiger partial charge < -0.3 is 12.5 Å². The molecule has 0 aliphatic heterocycles. The third kappa shape index (κ3) is 18.1. The summed E-state index contributed by atoms with van der Waals surface area (Å²) in [6.45, 7) is 2.85. The van der Waals surface area contributed by atoms with Gasteiger partial charge in [-0.15, -0.1) is 0 Å². The zero-order chi connectivity index (χ0) is 5.86. The van der Waals surface area contributed by atoms with Crippen molar-refractivity contribution in [1.29, 1.82) is 0 Å². The molecule has 0 fully saturated rings. The number of rotatable bonds is 1. The van der Waals surface area contributed by atoms with Crippen LogP contribution in [0.3, 0.4) is 0 Å². The van der Waals surface area contributed by atoms with Crippen molar-refractivity contribution in [3.05, 3.63) is 19.3 Å². The Hall–Kier alpha value is -0.167. The van der Waals surface area contributed by atoms with Gasteiger partial charge in [0.25, 0.3) is 0 Å². The molecule has 9 heavy (non-hydrogen) atoms. The second-order valence-electron chi connectivity index (χ2n) is 1.40. The van der Waals surface area contributed by atoms with E-state index in [0.717, 1.165) is 0 Å². The van der Waals surface area contributed by atoms with Crippen molar-refractivity contribution in [2.75, 3.05) is 0 Å². The van der Waals surface area contributed by atoms with Gasteiger partial charge in [-0.05, 0) is 13.8 Å². The molecule has 0 atom stereocenters. The summed E-state index contributed by atoms with van der Waals surface area (Å²) in [7, 11) is 0. The molecule has 3 heteroatoms. The van der Waals surface area contributed by atoms with Gasteiger partial charge in [-0.3, -0.25) is 4.79 Å². The van der Waals surface area contributed by atoms with Gasteiger partial charge in [0.2, 0.25) is 0 Å². The zero-order valence-electron chi connectivity index (χ0n) is 5.77. The molecule has 0 spiro atoms. The van der Waals surface area contributed by atoms with Gasteiger partial charge in [0.15, 0.2) is 5.78 Å². The Balaban J connectivity index is -0.000000180. The molecule has 55 valence electrons. The van der Waals surface area contributed by atoms with E-state index in [2.05, 4.69) is 0 Å². The third-order valence-corrected chi connectivity index (χ3v) is 0.412. The number of carbonyl (C=O) groups is 1. The van der Waals surface area contributed by atoms with Crippen molar-refractivity contribution in [2.24, 2.45) is 0 Å². The molecular formula is C6H11O2Rh+. The van der Waals surface area contributed by atoms with E-state index in [1.165, 1.54) is 19.9 Å². The van der Waals surface area contributed by atoms with Crippen LogP contribution in [0.25, 0.3) is 0 Å². The fourth-order valence-corrected chi connectivity index (χ4v) is 0.294. The van der Waals surface area contributed by atoms with Crippen molar-refractivity contribution < 1.29 is 29.4 Å². The summed E-state index contributed by atoms with van der Waals surface area (Å²) in [4.78, 5) is 10.0. The summed E-state index contributed by atoms with van der Waals surface area (Å²) < 4.78 is 0.